The van der Waals surface area contributed by atoms with Gasteiger partial charge in [-0.3, -0.25) is 14.6 Å². The summed E-state index contributed by atoms with van der Waals surface area (Å²) in [5.74, 6) is 0.406. The number of ketones is 1. The molecule has 1 N–H and O–H groups in total. The Kier molecular flexibility index (Phi) is 7.95. The van der Waals surface area contributed by atoms with Gasteiger partial charge in [-0.15, -0.1) is 0 Å². The lowest BCUT2D eigenvalue weighted by atomic mass is 9.85. The molecule has 2 amide bonds. The number of piperidine rings is 1. The molecule has 0 unspecified atom stereocenters. The standard InChI is InChI=1S/C29H35N3O5/c1-5-37-28(35)32-13-11-22(12-14-32)30-27(34)20-8-6-7-19(15-20)26(33)17-25-24-16-23(36-4)10-9-21(24)18-29(2,3)31-25/h6-10,15-16,22H,5,11-14,17-18H2,1-4H3,(H,30,34). The molecule has 1 fully saturated rings. The van der Waals surface area contributed by atoms with Crippen LogP contribution in [0.4, 0.5) is 4.79 Å². The topological polar surface area (TPSA) is 97.3 Å². The summed E-state index contributed by atoms with van der Waals surface area (Å²) < 4.78 is 10.4. The first-order chi connectivity index (χ1) is 17.7. The van der Waals surface area contributed by atoms with E-state index in [2.05, 4.69) is 19.2 Å². The van der Waals surface area contributed by atoms with Crippen LogP contribution in [0, 0.1) is 0 Å². The molecule has 0 saturated carbocycles. The summed E-state index contributed by atoms with van der Waals surface area (Å²) in [4.78, 5) is 44.7. The fourth-order valence-electron chi connectivity index (χ4n) is 4.95. The van der Waals surface area contributed by atoms with Crippen LogP contribution in [0.5, 0.6) is 5.75 Å². The Morgan fingerprint density at radius 1 is 1.08 bits per heavy atom. The number of carbonyl (C=O) groups is 3. The SMILES string of the molecule is CCOC(=O)N1CCC(NC(=O)c2cccc(C(=O)CC3=NC(C)(C)Cc4ccc(OC)cc43)c2)CC1. The molecule has 37 heavy (non-hydrogen) atoms. The normalized spacial score (nSPS) is 16.9. The van der Waals surface area contributed by atoms with Crippen molar-refractivity contribution in [1.82, 2.24) is 10.2 Å². The van der Waals surface area contributed by atoms with E-state index in [1.807, 2.05) is 18.2 Å². The van der Waals surface area contributed by atoms with Gasteiger partial charge in [0, 0.05) is 35.8 Å². The van der Waals surface area contributed by atoms with Crippen molar-refractivity contribution in [2.45, 2.75) is 58.0 Å². The van der Waals surface area contributed by atoms with Crippen LogP contribution in [0.25, 0.3) is 0 Å². The van der Waals surface area contributed by atoms with E-state index in [9.17, 15) is 14.4 Å². The third-order valence-electron chi connectivity index (χ3n) is 6.82. The summed E-state index contributed by atoms with van der Waals surface area (Å²) >= 11 is 0. The predicted octanol–water partition coefficient (Wildman–Crippen LogP) is 4.44. The second-order valence-corrected chi connectivity index (χ2v) is 10.2. The van der Waals surface area contributed by atoms with E-state index < -0.39 is 0 Å². The van der Waals surface area contributed by atoms with Gasteiger partial charge in [0.25, 0.3) is 5.91 Å². The van der Waals surface area contributed by atoms with Gasteiger partial charge >= 0.3 is 6.09 Å². The van der Waals surface area contributed by atoms with Crippen LogP contribution in [0.15, 0.2) is 47.5 Å². The maximum atomic E-state index is 13.3. The van der Waals surface area contributed by atoms with Crippen LogP contribution in [0.1, 0.15) is 71.9 Å². The molecule has 8 heteroatoms. The third kappa shape index (κ3) is 6.37. The number of ether oxygens (including phenoxy) is 2. The van der Waals surface area contributed by atoms with Gasteiger partial charge in [0.2, 0.25) is 0 Å². The average Bonchev–Trinajstić information content (AvgIpc) is 2.88. The Bertz CT molecular complexity index is 1210. The molecule has 0 radical (unpaired) electrons. The number of hydrogen-bond acceptors (Lipinski definition) is 6. The molecule has 0 spiro atoms. The number of likely N-dealkylation sites (tertiary alicyclic amines) is 1. The van der Waals surface area contributed by atoms with Crippen molar-refractivity contribution in [3.8, 4) is 5.75 Å². The molecule has 4 rings (SSSR count). The summed E-state index contributed by atoms with van der Waals surface area (Å²) in [6.07, 6.45) is 1.92. The lowest BCUT2D eigenvalue weighted by Gasteiger charge is -2.31. The van der Waals surface area contributed by atoms with E-state index in [1.165, 1.54) is 0 Å². The zero-order valence-corrected chi connectivity index (χ0v) is 22.0. The smallest absolute Gasteiger partial charge is 0.409 e. The predicted molar refractivity (Wildman–Crippen MR) is 142 cm³/mol. The van der Waals surface area contributed by atoms with Gasteiger partial charge < -0.3 is 19.7 Å². The molecular weight excluding hydrogens is 470 g/mol. The number of aliphatic imine (C=N–C) groups is 1. The number of hydrogen-bond donors (Lipinski definition) is 1. The Hall–Kier alpha value is -3.68. The van der Waals surface area contributed by atoms with Crippen molar-refractivity contribution in [3.63, 3.8) is 0 Å². The van der Waals surface area contributed by atoms with Gasteiger partial charge in [0.15, 0.2) is 5.78 Å². The van der Waals surface area contributed by atoms with Crippen molar-refractivity contribution in [2.24, 2.45) is 4.99 Å². The van der Waals surface area contributed by atoms with Gasteiger partial charge in [0.05, 0.1) is 31.4 Å². The van der Waals surface area contributed by atoms with Crippen LogP contribution in [0.2, 0.25) is 0 Å². The number of amides is 2. The lowest BCUT2D eigenvalue weighted by molar-refractivity contribution is 0.0859. The van der Waals surface area contributed by atoms with Crippen molar-refractivity contribution >= 4 is 23.5 Å². The van der Waals surface area contributed by atoms with Crippen molar-refractivity contribution in [1.29, 1.82) is 0 Å². The van der Waals surface area contributed by atoms with Crippen LogP contribution in [0.3, 0.4) is 0 Å². The summed E-state index contributed by atoms with van der Waals surface area (Å²) in [6.45, 7) is 7.32. The largest absolute Gasteiger partial charge is 0.497 e. The fraction of sp³-hybridized carbons (Fsp3) is 0.448. The first-order valence-electron chi connectivity index (χ1n) is 12.8. The summed E-state index contributed by atoms with van der Waals surface area (Å²) in [5, 5.41) is 3.04. The van der Waals surface area contributed by atoms with Gasteiger partial charge in [-0.1, -0.05) is 18.2 Å². The number of nitrogens with zero attached hydrogens (tertiary/aromatic N) is 2. The summed E-state index contributed by atoms with van der Waals surface area (Å²) in [5.41, 5.74) is 3.42. The summed E-state index contributed by atoms with van der Waals surface area (Å²) in [7, 11) is 1.62. The fourth-order valence-corrected chi connectivity index (χ4v) is 4.95. The minimum atomic E-state index is -0.314. The Morgan fingerprint density at radius 2 is 1.81 bits per heavy atom. The highest BCUT2D eigenvalue weighted by Gasteiger charge is 2.29. The molecule has 2 aliphatic heterocycles. The number of fused-ring (bicyclic) bond motifs is 1. The van der Waals surface area contributed by atoms with E-state index in [0.717, 1.165) is 29.0 Å². The molecule has 0 aromatic heterocycles. The molecule has 1 saturated heterocycles. The van der Waals surface area contributed by atoms with Crippen LogP contribution in [-0.4, -0.2) is 66.8 Å². The van der Waals surface area contributed by atoms with Gasteiger partial charge in [-0.25, -0.2) is 4.79 Å². The zero-order valence-electron chi connectivity index (χ0n) is 22.0. The number of benzene rings is 2. The molecule has 8 nitrogen and oxygen atoms in total. The van der Waals surface area contributed by atoms with E-state index in [0.29, 0.717) is 43.7 Å². The number of methoxy groups -OCH3 is 1. The van der Waals surface area contributed by atoms with Crippen molar-refractivity contribution < 1.29 is 23.9 Å². The van der Waals surface area contributed by atoms with Gasteiger partial charge in [-0.2, -0.15) is 0 Å². The van der Waals surface area contributed by atoms with Crippen LogP contribution in [-0.2, 0) is 11.2 Å². The highest BCUT2D eigenvalue weighted by molar-refractivity contribution is 6.17. The van der Waals surface area contributed by atoms with E-state index >= 15 is 0 Å². The third-order valence-corrected chi connectivity index (χ3v) is 6.82. The second kappa shape index (κ2) is 11.2. The summed E-state index contributed by atoms with van der Waals surface area (Å²) in [6, 6.07) is 12.7. The number of carbonyl (C=O) groups excluding carboxylic acids is 3. The number of Topliss-reactive ketones (excluding diaryl/α,β-unsaturated/α-hetero) is 1. The minimum Gasteiger partial charge on any atom is -0.497 e. The lowest BCUT2D eigenvalue weighted by Crippen LogP contribution is -2.46. The van der Waals surface area contributed by atoms with Crippen molar-refractivity contribution in [2.75, 3.05) is 26.8 Å². The van der Waals surface area contributed by atoms with Gasteiger partial charge in [-0.05, 0) is 69.9 Å². The molecule has 0 atom stereocenters. The monoisotopic (exact) mass is 505 g/mol. The molecule has 2 aromatic rings. The molecule has 2 heterocycles. The molecule has 0 bridgehead atoms. The van der Waals surface area contributed by atoms with Gasteiger partial charge in [0.1, 0.15) is 5.75 Å². The Labute approximate surface area is 218 Å². The maximum absolute atomic E-state index is 13.3. The molecule has 0 aliphatic carbocycles. The van der Waals surface area contributed by atoms with E-state index in [-0.39, 0.29) is 35.8 Å². The highest BCUT2D eigenvalue weighted by atomic mass is 16.6. The Morgan fingerprint density at radius 3 is 2.51 bits per heavy atom. The van der Waals surface area contributed by atoms with Crippen molar-refractivity contribution in [3.05, 3.63) is 64.7 Å². The second-order valence-electron chi connectivity index (χ2n) is 10.2. The molecule has 2 aromatic carbocycles. The highest BCUT2D eigenvalue weighted by Crippen LogP contribution is 2.31. The van der Waals surface area contributed by atoms with Crippen LogP contribution >= 0.6 is 0 Å². The quantitative estimate of drug-likeness (QED) is 0.561. The Balaban J connectivity index is 1.43. The maximum Gasteiger partial charge on any atom is 0.409 e. The minimum absolute atomic E-state index is 0.0390. The van der Waals surface area contributed by atoms with E-state index in [4.69, 9.17) is 14.5 Å². The number of rotatable bonds is 7. The zero-order chi connectivity index (χ0) is 26.6. The van der Waals surface area contributed by atoms with E-state index in [1.54, 1.807) is 43.2 Å². The van der Waals surface area contributed by atoms with Crippen LogP contribution < -0.4 is 10.1 Å². The average molecular weight is 506 g/mol. The first-order valence-corrected chi connectivity index (χ1v) is 12.8. The number of nitrogens with one attached hydrogen (secondary N) is 1. The molecular formula is C29H35N3O5. The molecule has 196 valence electrons. The first kappa shape index (κ1) is 26.4. The molecule has 2 aliphatic rings.